The first-order chi connectivity index (χ1) is 8.40. The van der Waals surface area contributed by atoms with Crippen LogP contribution in [-0.2, 0) is 4.21 Å². The van der Waals surface area contributed by atoms with Crippen LogP contribution in [0.25, 0.3) is 11.1 Å². The monoisotopic (exact) mass is 271 g/mol. The number of hydrogen-bond donors (Lipinski definition) is 0. The van der Waals surface area contributed by atoms with Crippen LogP contribution in [0.2, 0.25) is 0 Å². The molecule has 1 aliphatic rings. The molecule has 0 spiro atoms. The highest BCUT2D eigenvalue weighted by Crippen LogP contribution is 2.48. The second kappa shape index (κ2) is 4.74. The maximum Gasteiger partial charge on any atom is 0.254 e. The zero-order chi connectivity index (χ0) is 11.7. The first-order valence-electron chi connectivity index (χ1n) is 5.15. The maximum absolute atomic E-state index is 5.92. The Hall–Kier alpha value is -0.936. The molecule has 0 fully saturated rings. The molecule has 3 rings (SSSR count). The van der Waals surface area contributed by atoms with Gasteiger partial charge in [-0.2, -0.15) is 0 Å². The van der Waals surface area contributed by atoms with E-state index in [9.17, 15) is 0 Å². The molecule has 1 atom stereocenters. The van der Waals surface area contributed by atoms with Gasteiger partial charge in [0.05, 0.1) is 0 Å². The van der Waals surface area contributed by atoms with Gasteiger partial charge in [0.15, 0.2) is 0 Å². The predicted octanol–water partition coefficient (Wildman–Crippen LogP) is 2.40. The van der Waals surface area contributed by atoms with Gasteiger partial charge in [0.1, 0.15) is 5.75 Å². The summed E-state index contributed by atoms with van der Waals surface area (Å²) >= 11 is 0. The van der Waals surface area contributed by atoms with Crippen molar-refractivity contribution in [1.82, 2.24) is 0 Å². The van der Waals surface area contributed by atoms with Crippen molar-refractivity contribution in [2.45, 2.75) is 0 Å². The quantitative estimate of drug-likeness (QED) is 0.617. The Morgan fingerprint density at radius 2 is 1.71 bits per heavy atom. The van der Waals surface area contributed by atoms with Gasteiger partial charge in [-0.15, -0.1) is 0 Å². The molecule has 0 N–H and O–H groups in total. The molecule has 2 nitrogen and oxygen atoms in total. The van der Waals surface area contributed by atoms with Gasteiger partial charge in [-0.1, -0.05) is 36.4 Å². The van der Waals surface area contributed by atoms with Crippen molar-refractivity contribution >= 4 is 32.7 Å². The molecule has 5 radical (unpaired) electrons. The molecule has 81 valence electrons. The summed E-state index contributed by atoms with van der Waals surface area (Å²) in [5.41, 5.74) is 2.35. The Labute approximate surface area is 107 Å². The third-order valence-electron chi connectivity index (χ3n) is 2.59. The Bertz CT molecular complexity index is 548. The molecule has 17 heavy (non-hydrogen) atoms. The molecule has 1 heterocycles. The lowest BCUT2D eigenvalue weighted by Crippen LogP contribution is -2.16. The Balaban J connectivity index is 2.15. The molecule has 1 unspecified atom stereocenters. The third-order valence-corrected chi connectivity index (χ3v) is 5.58. The molecule has 1 aliphatic heterocycles. The van der Waals surface area contributed by atoms with Gasteiger partial charge in [0.2, 0.25) is 9.28 Å². The summed E-state index contributed by atoms with van der Waals surface area (Å²) in [5, 5.41) is 1.15. The molecule has 0 saturated carbocycles. The van der Waals surface area contributed by atoms with E-state index in [1.54, 1.807) is 0 Å². The molecule has 0 amide bonds. The van der Waals surface area contributed by atoms with Crippen LogP contribution in [-0.4, -0.2) is 19.0 Å². The number of fused-ring (bicyclic) bond motifs is 3. The molecular formula is C12H8O2PSi2. The smallest absolute Gasteiger partial charge is 0.254 e. The fourth-order valence-electron chi connectivity index (χ4n) is 1.88. The van der Waals surface area contributed by atoms with E-state index < -0.39 is 8.38 Å². The third kappa shape index (κ3) is 1.98. The Morgan fingerprint density at radius 1 is 1.00 bits per heavy atom. The van der Waals surface area contributed by atoms with Gasteiger partial charge in [-0.3, -0.25) is 0 Å². The standard InChI is InChI=1S/C12H8O2PSi2/c16-17-14-15-12-8-4-2-6-10(12)9-5-1-3-7-11(9)13-15/h1-8H. The summed E-state index contributed by atoms with van der Waals surface area (Å²) in [7, 11) is 2.60. The molecule has 2 aromatic carbocycles. The lowest BCUT2D eigenvalue weighted by molar-refractivity contribution is 0.523. The highest BCUT2D eigenvalue weighted by molar-refractivity contribution is 7.58. The minimum absolute atomic E-state index is 0.247. The summed E-state index contributed by atoms with van der Waals surface area (Å²) in [6.45, 7) is 0. The van der Waals surface area contributed by atoms with Crippen molar-refractivity contribution in [2.24, 2.45) is 0 Å². The SMILES string of the molecule is [Si][Si]OP1Oc2ccccc2-c2ccccc21. The van der Waals surface area contributed by atoms with Gasteiger partial charge >= 0.3 is 0 Å². The molecule has 0 bridgehead atoms. The van der Waals surface area contributed by atoms with Crippen molar-refractivity contribution in [3.05, 3.63) is 48.5 Å². The Morgan fingerprint density at radius 3 is 2.53 bits per heavy atom. The lowest BCUT2D eigenvalue weighted by atomic mass is 10.0. The van der Waals surface area contributed by atoms with Crippen molar-refractivity contribution in [3.8, 4) is 16.9 Å². The van der Waals surface area contributed by atoms with E-state index in [0.29, 0.717) is 0 Å². The topological polar surface area (TPSA) is 18.5 Å². The van der Waals surface area contributed by atoms with Crippen molar-refractivity contribution < 1.29 is 8.74 Å². The van der Waals surface area contributed by atoms with E-state index in [1.165, 1.54) is 5.56 Å². The molecule has 0 aromatic heterocycles. The predicted molar refractivity (Wildman–Crippen MR) is 71.7 cm³/mol. The largest absolute Gasteiger partial charge is 0.444 e. The van der Waals surface area contributed by atoms with Crippen LogP contribution >= 0.6 is 8.38 Å². The van der Waals surface area contributed by atoms with Gasteiger partial charge in [-0.05, 0) is 17.7 Å². The minimum atomic E-state index is -1.01. The van der Waals surface area contributed by atoms with Gasteiger partial charge in [0, 0.05) is 20.6 Å². The first kappa shape index (κ1) is 11.2. The van der Waals surface area contributed by atoms with Gasteiger partial charge in [0.25, 0.3) is 8.38 Å². The average Bonchev–Trinajstić information content (AvgIpc) is 2.39. The van der Waals surface area contributed by atoms with Gasteiger partial charge in [-0.25, -0.2) is 0 Å². The minimum Gasteiger partial charge on any atom is -0.444 e. The van der Waals surface area contributed by atoms with Crippen LogP contribution in [0.5, 0.6) is 5.75 Å². The van der Waals surface area contributed by atoms with Crippen LogP contribution in [0.4, 0.5) is 0 Å². The Kier molecular flexibility index (Phi) is 3.12. The normalized spacial score (nSPS) is 16.9. The molecule has 0 aliphatic carbocycles. The summed E-state index contributed by atoms with van der Waals surface area (Å²) < 4.78 is 11.6. The lowest BCUT2D eigenvalue weighted by Gasteiger charge is -2.26. The van der Waals surface area contributed by atoms with Crippen LogP contribution in [0.3, 0.4) is 0 Å². The zero-order valence-corrected chi connectivity index (χ0v) is 11.8. The van der Waals surface area contributed by atoms with Crippen LogP contribution in [0.15, 0.2) is 48.5 Å². The summed E-state index contributed by atoms with van der Waals surface area (Å²) in [4.78, 5) is 0. The number of rotatable bonds is 2. The number of benzene rings is 2. The van der Waals surface area contributed by atoms with Crippen LogP contribution < -0.4 is 9.83 Å². The van der Waals surface area contributed by atoms with E-state index in [-0.39, 0.29) is 9.28 Å². The summed E-state index contributed by atoms with van der Waals surface area (Å²) in [5.74, 6) is 0.905. The first-order valence-corrected chi connectivity index (χ1v) is 8.74. The second-order valence-corrected chi connectivity index (χ2v) is 6.28. The molecule has 0 saturated heterocycles. The average molecular weight is 271 g/mol. The van der Waals surface area contributed by atoms with Crippen molar-refractivity contribution in [1.29, 1.82) is 0 Å². The van der Waals surface area contributed by atoms with Gasteiger partial charge < -0.3 is 8.74 Å². The zero-order valence-electron chi connectivity index (χ0n) is 8.88. The number of para-hydroxylation sites is 1. The highest BCUT2D eigenvalue weighted by atomic mass is 31.2. The molecule has 5 heteroatoms. The highest BCUT2D eigenvalue weighted by Gasteiger charge is 2.26. The van der Waals surface area contributed by atoms with E-state index in [2.05, 4.69) is 28.0 Å². The van der Waals surface area contributed by atoms with Crippen LogP contribution in [0, 0.1) is 0 Å². The van der Waals surface area contributed by atoms with Crippen LogP contribution in [0.1, 0.15) is 0 Å². The van der Waals surface area contributed by atoms with E-state index in [4.69, 9.17) is 8.74 Å². The molecular weight excluding hydrogens is 263 g/mol. The summed E-state index contributed by atoms with van der Waals surface area (Å²) in [6, 6.07) is 16.3. The maximum atomic E-state index is 5.92. The van der Waals surface area contributed by atoms with E-state index >= 15 is 0 Å². The fraction of sp³-hybridized carbons (Fsp3) is 0. The van der Waals surface area contributed by atoms with Crippen molar-refractivity contribution in [2.75, 3.05) is 0 Å². The summed E-state index contributed by atoms with van der Waals surface area (Å²) in [6.07, 6.45) is 0. The fourth-order valence-corrected chi connectivity index (χ4v) is 4.53. The van der Waals surface area contributed by atoms with Crippen molar-refractivity contribution in [3.63, 3.8) is 0 Å². The van der Waals surface area contributed by atoms with E-state index in [1.807, 2.05) is 30.3 Å². The molecule has 2 aromatic rings. The number of hydrogen-bond acceptors (Lipinski definition) is 2. The second-order valence-electron chi connectivity index (χ2n) is 3.56. The van der Waals surface area contributed by atoms with E-state index in [0.717, 1.165) is 16.6 Å².